The predicted octanol–water partition coefficient (Wildman–Crippen LogP) is 10.3. The normalized spacial score (nSPS) is 11.4. The largest absolute Gasteiger partial charge is 0.508 e. The van der Waals surface area contributed by atoms with Crippen LogP contribution in [0.4, 0.5) is 5.69 Å². The Morgan fingerprint density at radius 3 is 1.35 bits per heavy atom. The molecule has 11 rings (SSSR count). The van der Waals surface area contributed by atoms with Crippen LogP contribution in [0, 0.1) is 0 Å². The molecule has 0 unspecified atom stereocenters. The van der Waals surface area contributed by atoms with E-state index in [0.29, 0.717) is 40.8 Å². The molecule has 0 fully saturated rings. The van der Waals surface area contributed by atoms with Crippen molar-refractivity contribution in [2.45, 2.75) is 58.0 Å². The maximum Gasteiger partial charge on any atom is 0.372 e. The standard InChI is InChI=1S/C15H10O6.C15H12O5.C9H10O4.C9H8O4.C9H10O3.C8H9NO2.C8H8O3/c16-8-3-1-7(2-4-8)15-14(20)13(19)12-10(18)5-9(17)6-11(12)21-15;16-9-3-1-8(2-4-9)13-7-12(19)15-11(18)5-10(17)6-14(15)20-13;10-7-3-1-6(5-8(7)11)2-4-9(12)13;10-7-3-1-6(2-4-7)5-8(11)9(12)13;10-8-4-1-7(2-5-8)3-6-9(11)12;1-6(10)9-7-2-4-8(11)5-3-7;9-7-3-1-6(2-4-7)5-8(10)11/h1-6,16-18,20H;1-6,13,16-18H,7H2;1,3,5,10-11H,2,4H2,(H,12,13);1-4,10H,5H2,(H,12,13);1-2,4-5,10H,3,6H2,(H,11,12);2-5,11H,1H3,(H,9,10);1-4,9H,5H2,(H,10,11)/t;13-;;;;;/m.0...../s1. The number of Topliss-reactive ketones (excluding diaryl/α,β-unsaturated/α-hetero) is 2. The maximum absolute atomic E-state index is 12.1. The number of carboxylic acids is 4. The molecule has 0 bridgehead atoms. The Morgan fingerprint density at radius 1 is 0.436 bits per heavy atom. The summed E-state index contributed by atoms with van der Waals surface area (Å²) in [6.07, 6.45) is 0.455. The molecule has 0 aliphatic carbocycles. The number of aromatic hydroxyl groups is 13. The minimum Gasteiger partial charge on any atom is -0.508 e. The highest BCUT2D eigenvalue weighted by molar-refractivity contribution is 6.33. The predicted molar refractivity (Wildman–Crippen MR) is 361 cm³/mol. The van der Waals surface area contributed by atoms with Crippen LogP contribution in [0.1, 0.15) is 70.5 Å². The maximum atomic E-state index is 12.1. The molecule has 0 radical (unpaired) electrons. The van der Waals surface area contributed by atoms with Gasteiger partial charge in [-0.1, -0.05) is 54.6 Å². The lowest BCUT2D eigenvalue weighted by Gasteiger charge is -2.26. The van der Waals surface area contributed by atoms with Crippen molar-refractivity contribution >= 4 is 58.0 Å². The summed E-state index contributed by atoms with van der Waals surface area (Å²) < 4.78 is 11.1. The molecule has 2 heterocycles. The zero-order chi connectivity index (χ0) is 74.6. The topological polar surface area (TPSA) is 515 Å². The van der Waals surface area contributed by atoms with E-state index in [1.54, 1.807) is 66.7 Å². The first-order valence-corrected chi connectivity index (χ1v) is 29.6. The number of nitrogens with one attached hydrogen (secondary N) is 1. The summed E-state index contributed by atoms with van der Waals surface area (Å²) >= 11 is 0. The first kappa shape index (κ1) is 77.8. The Kier molecular flexibility index (Phi) is 28.8. The molecule has 28 heteroatoms. The third-order valence-corrected chi connectivity index (χ3v) is 13.6. The van der Waals surface area contributed by atoms with Crippen molar-refractivity contribution in [2.24, 2.45) is 0 Å². The van der Waals surface area contributed by atoms with Gasteiger partial charge in [-0.15, -0.1) is 0 Å². The number of benzene rings is 9. The quantitative estimate of drug-likeness (QED) is 0.0273. The molecule has 9 aromatic carbocycles. The Labute approximate surface area is 572 Å². The zero-order valence-electron chi connectivity index (χ0n) is 53.1. The number of hydrogen-bond acceptors (Lipinski definition) is 23. The van der Waals surface area contributed by atoms with Crippen LogP contribution in [0.25, 0.3) is 22.3 Å². The molecule has 101 heavy (non-hydrogen) atoms. The highest BCUT2D eigenvalue weighted by Gasteiger charge is 2.31. The van der Waals surface area contributed by atoms with Crippen LogP contribution >= 0.6 is 0 Å². The van der Waals surface area contributed by atoms with Crippen molar-refractivity contribution in [1.29, 1.82) is 0 Å². The van der Waals surface area contributed by atoms with E-state index in [-0.39, 0.29) is 135 Å². The van der Waals surface area contributed by atoms with Crippen molar-refractivity contribution < 1.29 is 130 Å². The van der Waals surface area contributed by atoms with E-state index < -0.39 is 52.7 Å². The molecule has 28 nitrogen and oxygen atoms in total. The zero-order valence-corrected chi connectivity index (χ0v) is 53.1. The lowest BCUT2D eigenvalue weighted by Crippen LogP contribution is -2.20. The summed E-state index contributed by atoms with van der Waals surface area (Å²) in [6.45, 7) is 1.44. The number of phenols is 12. The second-order valence-electron chi connectivity index (χ2n) is 21.5. The molecular weight excluding hydrogens is 1320 g/mol. The summed E-state index contributed by atoms with van der Waals surface area (Å²) in [7, 11) is 0. The second kappa shape index (κ2) is 37.4. The number of rotatable bonds is 14. The number of aliphatic carboxylic acids is 4. The molecule has 1 aromatic heterocycles. The van der Waals surface area contributed by atoms with Gasteiger partial charge in [0.1, 0.15) is 85.9 Å². The molecule has 18 N–H and O–H groups in total. The van der Waals surface area contributed by atoms with E-state index in [1.807, 2.05) is 0 Å². The third-order valence-electron chi connectivity index (χ3n) is 13.6. The lowest BCUT2D eigenvalue weighted by molar-refractivity contribution is -0.148. The van der Waals surface area contributed by atoms with Gasteiger partial charge in [-0.25, -0.2) is 4.79 Å². The Morgan fingerprint density at radius 2 is 0.871 bits per heavy atom. The van der Waals surface area contributed by atoms with E-state index in [2.05, 4.69) is 5.32 Å². The minimum atomic E-state index is -1.44. The molecular formula is C73H67NO27. The molecule has 1 atom stereocenters. The van der Waals surface area contributed by atoms with Crippen LogP contribution in [0.3, 0.4) is 0 Å². The van der Waals surface area contributed by atoms with E-state index in [1.165, 1.54) is 116 Å². The molecule has 526 valence electrons. The summed E-state index contributed by atoms with van der Waals surface area (Å²) in [5.41, 5.74) is 3.91. The van der Waals surface area contributed by atoms with Crippen LogP contribution in [-0.2, 0) is 54.5 Å². The van der Waals surface area contributed by atoms with Gasteiger partial charge in [0.05, 0.1) is 12.8 Å². The highest BCUT2D eigenvalue weighted by Crippen LogP contribution is 2.42. The number of phenolic OH excluding ortho intramolecular Hbond substituents is 12. The van der Waals surface area contributed by atoms with Gasteiger partial charge in [0.25, 0.3) is 0 Å². The number of ketones is 2. The van der Waals surface area contributed by atoms with Crippen LogP contribution in [0.2, 0.25) is 0 Å². The molecule has 1 aliphatic heterocycles. The smallest absolute Gasteiger partial charge is 0.372 e. The monoisotopic (exact) mass is 1390 g/mol. The fourth-order valence-electron chi connectivity index (χ4n) is 8.68. The van der Waals surface area contributed by atoms with Gasteiger partial charge in [-0.2, -0.15) is 0 Å². The van der Waals surface area contributed by atoms with Gasteiger partial charge in [0.2, 0.25) is 22.9 Å². The molecule has 0 spiro atoms. The molecule has 10 aromatic rings. The van der Waals surface area contributed by atoms with E-state index in [0.717, 1.165) is 23.3 Å². The Balaban J connectivity index is 0.000000216. The van der Waals surface area contributed by atoms with Crippen molar-refractivity contribution in [1.82, 2.24) is 0 Å². The average Bonchev–Trinajstić information content (AvgIpc) is 0.800. The Hall–Kier alpha value is -13.9. The van der Waals surface area contributed by atoms with Gasteiger partial charge in [-0.3, -0.25) is 33.6 Å². The highest BCUT2D eigenvalue weighted by atomic mass is 16.5. The van der Waals surface area contributed by atoms with Crippen molar-refractivity contribution in [3.05, 3.63) is 232 Å². The van der Waals surface area contributed by atoms with Crippen LogP contribution in [-0.4, -0.2) is 128 Å². The number of ether oxygens (including phenoxy) is 1. The number of carbonyl (C=O) groups is 7. The van der Waals surface area contributed by atoms with Gasteiger partial charge in [0.15, 0.2) is 23.0 Å². The number of amides is 1. The summed E-state index contributed by atoms with van der Waals surface area (Å²) in [5, 5.41) is 156. The number of carboxylic acid groups (broad SMARTS) is 4. The fraction of sp³-hybridized carbons (Fsp3) is 0.123. The fourth-order valence-corrected chi connectivity index (χ4v) is 8.68. The van der Waals surface area contributed by atoms with Crippen LogP contribution in [0.5, 0.6) is 80.5 Å². The van der Waals surface area contributed by atoms with Gasteiger partial charge < -0.3 is 101 Å². The first-order valence-electron chi connectivity index (χ1n) is 29.6. The number of carbonyl (C=O) groups excluding carboxylic acids is 3. The summed E-state index contributed by atoms with van der Waals surface area (Å²) in [5.74, 6) is -6.64. The molecule has 1 aliphatic rings. The summed E-state index contributed by atoms with van der Waals surface area (Å²) in [4.78, 5) is 86.2. The molecule has 1 amide bonds. The van der Waals surface area contributed by atoms with Crippen LogP contribution < -0.4 is 15.5 Å². The van der Waals surface area contributed by atoms with E-state index in [9.17, 15) is 74.1 Å². The molecule has 0 saturated heterocycles. The van der Waals surface area contributed by atoms with Crippen molar-refractivity contribution in [2.75, 3.05) is 5.32 Å². The SMILES string of the molecule is CC(=O)Nc1ccc(O)cc1.O=C(O)C(=O)Cc1ccc(O)cc1.O=C(O)CCc1ccc(O)c(O)c1.O=C(O)CCc1ccc(O)cc1.O=C(O)Cc1ccc(O)cc1.O=C1C[C@@H](c2ccc(O)cc2)Oc2cc(O)cc(O)c21.O=c1c(O)c(-c2ccc(O)cc2)oc2cc(O)cc(O)c12. The van der Waals surface area contributed by atoms with E-state index >= 15 is 0 Å². The minimum absolute atomic E-state index is 0.000278. The number of hydrogen-bond donors (Lipinski definition) is 18. The molecule has 0 saturated carbocycles. The van der Waals surface area contributed by atoms with Crippen LogP contribution in [0.15, 0.2) is 197 Å². The number of aryl methyl sites for hydroxylation is 2. The lowest BCUT2D eigenvalue weighted by atomic mass is 9.95. The van der Waals surface area contributed by atoms with E-state index in [4.69, 9.17) is 60.2 Å². The summed E-state index contributed by atoms with van der Waals surface area (Å²) in [6, 6.07) is 45.7. The first-order chi connectivity index (χ1) is 47.7. The van der Waals surface area contributed by atoms with Gasteiger partial charge in [-0.05, 0) is 150 Å². The van der Waals surface area contributed by atoms with Gasteiger partial charge >= 0.3 is 23.9 Å². The Bertz CT molecular complexity index is 4500. The number of fused-ring (bicyclic) bond motifs is 2. The van der Waals surface area contributed by atoms with Gasteiger partial charge in [0, 0.05) is 61.7 Å². The number of anilines is 1. The average molecular weight is 1390 g/mol. The second-order valence-corrected chi connectivity index (χ2v) is 21.5. The van der Waals surface area contributed by atoms with Crippen molar-refractivity contribution in [3.63, 3.8) is 0 Å². The third kappa shape index (κ3) is 26.0. The van der Waals surface area contributed by atoms with Crippen molar-refractivity contribution in [3.8, 4) is 91.8 Å².